The molecule has 0 N–H and O–H groups in total. The highest BCUT2D eigenvalue weighted by atomic mass is 16.5. The number of aryl methyl sites for hydroxylation is 1. The van der Waals surface area contributed by atoms with Crippen molar-refractivity contribution in [2.45, 2.75) is 57.4 Å². The molecule has 3 aliphatic heterocycles. The predicted molar refractivity (Wildman–Crippen MR) is 90.0 cm³/mol. The lowest BCUT2D eigenvalue weighted by Gasteiger charge is -2.32. The van der Waals surface area contributed by atoms with Crippen molar-refractivity contribution < 1.29 is 18.8 Å². The second-order valence-electron chi connectivity index (χ2n) is 7.34. The third-order valence-corrected chi connectivity index (χ3v) is 5.51. The van der Waals surface area contributed by atoms with Gasteiger partial charge in [0.1, 0.15) is 18.5 Å². The van der Waals surface area contributed by atoms with Gasteiger partial charge in [0.2, 0.25) is 5.91 Å². The number of rotatable bonds is 5. The quantitative estimate of drug-likeness (QED) is 0.799. The average Bonchev–Trinajstić information content (AvgIpc) is 3.35. The molecule has 7 nitrogen and oxygen atoms in total. The van der Waals surface area contributed by atoms with E-state index in [4.69, 9.17) is 14.0 Å². The summed E-state index contributed by atoms with van der Waals surface area (Å²) in [6.07, 6.45) is 4.37. The molecule has 138 valence electrons. The number of carbonyl (C=O) groups excluding carboxylic acids is 1. The minimum atomic E-state index is -0.0511. The Morgan fingerprint density at radius 1 is 1.36 bits per heavy atom. The highest BCUT2D eigenvalue weighted by Crippen LogP contribution is 2.31. The van der Waals surface area contributed by atoms with Crippen LogP contribution in [-0.2, 0) is 20.8 Å². The van der Waals surface area contributed by atoms with Gasteiger partial charge in [0.25, 0.3) is 0 Å². The lowest BCUT2D eigenvalue weighted by Crippen LogP contribution is -2.42. The fourth-order valence-corrected chi connectivity index (χ4v) is 4.27. The molecule has 0 spiro atoms. The molecule has 0 aromatic carbocycles. The van der Waals surface area contributed by atoms with Crippen molar-refractivity contribution in [3.63, 3.8) is 0 Å². The first-order valence-electron chi connectivity index (χ1n) is 9.38. The van der Waals surface area contributed by atoms with Crippen molar-refractivity contribution in [2.75, 3.05) is 32.8 Å². The lowest BCUT2D eigenvalue weighted by atomic mass is 10.0. The third-order valence-electron chi connectivity index (χ3n) is 5.51. The number of aromatic nitrogens is 1. The van der Waals surface area contributed by atoms with E-state index in [0.717, 1.165) is 69.9 Å². The number of hydrogen-bond acceptors (Lipinski definition) is 6. The van der Waals surface area contributed by atoms with Crippen LogP contribution in [0.25, 0.3) is 0 Å². The highest BCUT2D eigenvalue weighted by molar-refractivity contribution is 5.77. The zero-order valence-corrected chi connectivity index (χ0v) is 14.9. The third kappa shape index (κ3) is 3.73. The van der Waals surface area contributed by atoms with E-state index in [1.807, 2.05) is 17.9 Å². The Balaban J connectivity index is 1.37. The van der Waals surface area contributed by atoms with Crippen LogP contribution in [0.15, 0.2) is 10.6 Å². The van der Waals surface area contributed by atoms with Crippen molar-refractivity contribution in [3.8, 4) is 0 Å². The van der Waals surface area contributed by atoms with Gasteiger partial charge in [-0.05, 0) is 32.6 Å². The Morgan fingerprint density at radius 2 is 2.20 bits per heavy atom. The summed E-state index contributed by atoms with van der Waals surface area (Å²) in [6, 6.07) is 2.31. The zero-order valence-electron chi connectivity index (χ0n) is 14.9. The molecule has 0 bridgehead atoms. The van der Waals surface area contributed by atoms with E-state index in [-0.39, 0.29) is 24.7 Å². The molecule has 0 aliphatic carbocycles. The lowest BCUT2D eigenvalue weighted by molar-refractivity contribution is -0.140. The monoisotopic (exact) mass is 349 g/mol. The molecule has 4 heterocycles. The van der Waals surface area contributed by atoms with Gasteiger partial charge in [0.15, 0.2) is 0 Å². The molecule has 0 radical (unpaired) electrons. The summed E-state index contributed by atoms with van der Waals surface area (Å²) in [5.41, 5.74) is 0.940. The fraction of sp³-hybridized carbons (Fsp3) is 0.778. The Kier molecular flexibility index (Phi) is 5.05. The van der Waals surface area contributed by atoms with Gasteiger partial charge in [0.05, 0.1) is 11.8 Å². The summed E-state index contributed by atoms with van der Waals surface area (Å²) in [5, 5.41) is 4.11. The van der Waals surface area contributed by atoms with Crippen LogP contribution in [0.1, 0.15) is 37.1 Å². The van der Waals surface area contributed by atoms with Gasteiger partial charge in [-0.15, -0.1) is 0 Å². The standard InChI is InChI=1S/C18H27N3O4/c1-13-9-14(19-25-13)10-21-11-16(18-15(21)5-4-8-23-18)24-12-17(22)20-6-2-3-7-20/h9,15-16,18H,2-8,10-12H2,1H3/t15-,16-,18+/m1/s1. The van der Waals surface area contributed by atoms with E-state index in [1.54, 1.807) is 0 Å². The maximum absolute atomic E-state index is 12.3. The van der Waals surface area contributed by atoms with Crippen LogP contribution in [0, 0.1) is 6.92 Å². The number of ether oxygens (including phenoxy) is 2. The molecule has 25 heavy (non-hydrogen) atoms. The fourth-order valence-electron chi connectivity index (χ4n) is 4.27. The van der Waals surface area contributed by atoms with E-state index < -0.39 is 0 Å². The van der Waals surface area contributed by atoms with Crippen molar-refractivity contribution in [1.29, 1.82) is 0 Å². The van der Waals surface area contributed by atoms with Gasteiger partial charge in [0, 0.05) is 44.9 Å². The van der Waals surface area contributed by atoms with Crippen molar-refractivity contribution >= 4 is 5.91 Å². The van der Waals surface area contributed by atoms with Gasteiger partial charge in [-0.25, -0.2) is 0 Å². The second-order valence-corrected chi connectivity index (χ2v) is 7.34. The number of nitrogens with zero attached hydrogens (tertiary/aromatic N) is 3. The summed E-state index contributed by atoms with van der Waals surface area (Å²) < 4.78 is 17.2. The first kappa shape index (κ1) is 17.0. The molecule has 1 aromatic rings. The van der Waals surface area contributed by atoms with Crippen molar-refractivity contribution in [1.82, 2.24) is 15.0 Å². The minimum Gasteiger partial charge on any atom is -0.374 e. The number of likely N-dealkylation sites (tertiary alicyclic amines) is 2. The Morgan fingerprint density at radius 3 is 2.96 bits per heavy atom. The summed E-state index contributed by atoms with van der Waals surface area (Å²) in [7, 11) is 0. The maximum Gasteiger partial charge on any atom is 0.248 e. The number of carbonyl (C=O) groups is 1. The topological polar surface area (TPSA) is 68.0 Å². The van der Waals surface area contributed by atoms with E-state index in [9.17, 15) is 4.79 Å². The van der Waals surface area contributed by atoms with Crippen LogP contribution in [0.5, 0.6) is 0 Å². The van der Waals surface area contributed by atoms with Crippen LogP contribution in [0.4, 0.5) is 0 Å². The number of amides is 1. The van der Waals surface area contributed by atoms with E-state index in [1.165, 1.54) is 0 Å². The second kappa shape index (κ2) is 7.43. The molecular weight excluding hydrogens is 322 g/mol. The molecule has 7 heteroatoms. The Hall–Kier alpha value is -1.44. The summed E-state index contributed by atoms with van der Waals surface area (Å²) in [6.45, 7) is 6.09. The molecular formula is C18H27N3O4. The zero-order chi connectivity index (χ0) is 17.2. The molecule has 3 atom stereocenters. The van der Waals surface area contributed by atoms with Crippen LogP contribution < -0.4 is 0 Å². The van der Waals surface area contributed by atoms with Gasteiger partial charge < -0.3 is 18.9 Å². The smallest absolute Gasteiger partial charge is 0.248 e. The van der Waals surface area contributed by atoms with Crippen molar-refractivity contribution in [2.24, 2.45) is 0 Å². The molecule has 4 rings (SSSR count). The summed E-state index contributed by atoms with van der Waals surface area (Å²) in [5.74, 6) is 0.935. The summed E-state index contributed by atoms with van der Waals surface area (Å²) >= 11 is 0. The molecule has 3 aliphatic rings. The number of hydrogen-bond donors (Lipinski definition) is 0. The normalized spacial score (nSPS) is 30.0. The molecule has 1 aromatic heterocycles. The molecule has 1 amide bonds. The molecule has 3 fully saturated rings. The first-order chi connectivity index (χ1) is 12.2. The first-order valence-corrected chi connectivity index (χ1v) is 9.38. The van der Waals surface area contributed by atoms with E-state index in [2.05, 4.69) is 10.1 Å². The van der Waals surface area contributed by atoms with E-state index in [0.29, 0.717) is 6.04 Å². The van der Waals surface area contributed by atoms with Gasteiger partial charge >= 0.3 is 0 Å². The number of fused-ring (bicyclic) bond motifs is 1. The predicted octanol–water partition coefficient (Wildman–Crippen LogP) is 1.35. The molecule has 0 unspecified atom stereocenters. The average molecular weight is 349 g/mol. The SMILES string of the molecule is Cc1cc(CN2C[C@@H](OCC(=O)N3CCCC3)[C@H]3OCCC[C@H]32)no1. The van der Waals surface area contributed by atoms with Gasteiger partial charge in [-0.1, -0.05) is 5.16 Å². The largest absolute Gasteiger partial charge is 0.374 e. The Labute approximate surface area is 148 Å². The van der Waals surface area contributed by atoms with E-state index >= 15 is 0 Å². The van der Waals surface area contributed by atoms with Gasteiger partial charge in [-0.3, -0.25) is 9.69 Å². The van der Waals surface area contributed by atoms with Crippen LogP contribution in [0.3, 0.4) is 0 Å². The highest BCUT2D eigenvalue weighted by Gasteiger charge is 2.45. The summed E-state index contributed by atoms with van der Waals surface area (Å²) in [4.78, 5) is 16.5. The molecule has 3 saturated heterocycles. The maximum atomic E-state index is 12.3. The Bertz CT molecular complexity index is 599. The minimum absolute atomic E-state index is 0.0492. The van der Waals surface area contributed by atoms with Crippen LogP contribution in [-0.4, -0.2) is 72.0 Å². The molecule has 0 saturated carbocycles. The van der Waals surface area contributed by atoms with Crippen LogP contribution >= 0.6 is 0 Å². The van der Waals surface area contributed by atoms with Crippen molar-refractivity contribution in [3.05, 3.63) is 17.5 Å². The van der Waals surface area contributed by atoms with Crippen LogP contribution in [0.2, 0.25) is 0 Å². The van der Waals surface area contributed by atoms with Gasteiger partial charge in [-0.2, -0.15) is 0 Å².